The van der Waals surface area contributed by atoms with Crippen LogP contribution in [0.25, 0.3) is 0 Å². The first kappa shape index (κ1) is 10.7. The van der Waals surface area contributed by atoms with Crippen molar-refractivity contribution in [3.05, 3.63) is 11.6 Å². The van der Waals surface area contributed by atoms with Crippen LogP contribution in [0.1, 0.15) is 35.7 Å². The molecule has 1 amide bonds. The second-order valence-corrected chi connectivity index (χ2v) is 4.79. The van der Waals surface area contributed by atoms with Crippen LogP contribution in [0.15, 0.2) is 0 Å². The SMILES string of the molecule is Cc1nc(C(=O)NC2CCOC2C2CC2)n[nH]1. The maximum atomic E-state index is 11.9. The molecular formula is C11H16N4O2. The molecule has 6 heteroatoms. The number of ether oxygens (including phenoxy) is 1. The van der Waals surface area contributed by atoms with E-state index in [1.807, 2.05) is 0 Å². The number of amides is 1. The summed E-state index contributed by atoms with van der Waals surface area (Å²) in [6.45, 7) is 2.51. The Morgan fingerprint density at radius 3 is 2.94 bits per heavy atom. The molecule has 0 aromatic carbocycles. The topological polar surface area (TPSA) is 79.9 Å². The van der Waals surface area contributed by atoms with Crippen LogP contribution in [0, 0.1) is 12.8 Å². The number of carbonyl (C=O) groups excluding carboxylic acids is 1. The van der Waals surface area contributed by atoms with Crippen molar-refractivity contribution in [2.24, 2.45) is 5.92 Å². The van der Waals surface area contributed by atoms with Crippen molar-refractivity contribution in [2.75, 3.05) is 6.61 Å². The monoisotopic (exact) mass is 236 g/mol. The van der Waals surface area contributed by atoms with Crippen LogP contribution in [0.4, 0.5) is 0 Å². The predicted octanol–water partition coefficient (Wildman–Crippen LogP) is 0.410. The van der Waals surface area contributed by atoms with E-state index in [-0.39, 0.29) is 23.9 Å². The maximum absolute atomic E-state index is 11.9. The number of hydrogen-bond acceptors (Lipinski definition) is 4. The lowest BCUT2D eigenvalue weighted by Crippen LogP contribution is -2.41. The number of nitrogens with one attached hydrogen (secondary N) is 2. The van der Waals surface area contributed by atoms with Gasteiger partial charge in [-0.3, -0.25) is 9.89 Å². The number of aromatic nitrogens is 3. The number of rotatable bonds is 3. The summed E-state index contributed by atoms with van der Waals surface area (Å²) in [4.78, 5) is 15.9. The molecule has 1 saturated carbocycles. The van der Waals surface area contributed by atoms with Crippen LogP contribution in [0.5, 0.6) is 0 Å². The van der Waals surface area contributed by atoms with Crippen LogP contribution < -0.4 is 5.32 Å². The highest BCUT2D eigenvalue weighted by Gasteiger charge is 2.41. The Kier molecular flexibility index (Phi) is 2.58. The third-order valence-corrected chi connectivity index (χ3v) is 3.34. The van der Waals surface area contributed by atoms with Gasteiger partial charge in [0.2, 0.25) is 5.82 Å². The lowest BCUT2D eigenvalue weighted by molar-refractivity contribution is 0.0725. The number of nitrogens with zero attached hydrogens (tertiary/aromatic N) is 2. The number of carbonyl (C=O) groups is 1. The molecule has 0 radical (unpaired) electrons. The fourth-order valence-electron chi connectivity index (χ4n) is 2.33. The van der Waals surface area contributed by atoms with Gasteiger partial charge in [0.1, 0.15) is 5.82 Å². The van der Waals surface area contributed by atoms with E-state index < -0.39 is 0 Å². The molecule has 1 aliphatic carbocycles. The van der Waals surface area contributed by atoms with Crippen LogP contribution in [0.2, 0.25) is 0 Å². The van der Waals surface area contributed by atoms with Crippen molar-refractivity contribution >= 4 is 5.91 Å². The quantitative estimate of drug-likeness (QED) is 0.796. The molecule has 0 spiro atoms. The lowest BCUT2D eigenvalue weighted by Gasteiger charge is -2.18. The largest absolute Gasteiger partial charge is 0.376 e. The summed E-state index contributed by atoms with van der Waals surface area (Å²) in [7, 11) is 0. The molecule has 2 heterocycles. The van der Waals surface area contributed by atoms with Crippen molar-refractivity contribution in [3.63, 3.8) is 0 Å². The average Bonchev–Trinajstić information content (AvgIpc) is 2.89. The Bertz CT molecular complexity index is 427. The standard InChI is InChI=1S/C11H16N4O2/c1-6-12-10(15-14-6)11(16)13-8-4-5-17-9(8)7-2-3-7/h7-9H,2-5H2,1H3,(H,13,16)(H,12,14,15). The molecule has 2 aliphatic rings. The van der Waals surface area contributed by atoms with Crippen LogP contribution in [-0.4, -0.2) is 39.8 Å². The van der Waals surface area contributed by atoms with Gasteiger partial charge < -0.3 is 10.1 Å². The second-order valence-electron chi connectivity index (χ2n) is 4.79. The molecule has 1 aliphatic heterocycles. The Morgan fingerprint density at radius 1 is 1.47 bits per heavy atom. The molecule has 1 saturated heterocycles. The zero-order valence-electron chi connectivity index (χ0n) is 9.77. The molecule has 2 N–H and O–H groups in total. The molecule has 3 rings (SSSR count). The van der Waals surface area contributed by atoms with E-state index in [1.54, 1.807) is 6.92 Å². The highest BCUT2D eigenvalue weighted by molar-refractivity contribution is 5.90. The van der Waals surface area contributed by atoms with E-state index in [0.29, 0.717) is 11.7 Å². The van der Waals surface area contributed by atoms with Gasteiger partial charge in [0.15, 0.2) is 0 Å². The van der Waals surface area contributed by atoms with Gasteiger partial charge in [0.05, 0.1) is 12.1 Å². The highest BCUT2D eigenvalue weighted by Crippen LogP contribution is 2.38. The van der Waals surface area contributed by atoms with Crippen LogP contribution in [0.3, 0.4) is 0 Å². The Hall–Kier alpha value is -1.43. The van der Waals surface area contributed by atoms with Crippen molar-refractivity contribution in [1.82, 2.24) is 20.5 Å². The van der Waals surface area contributed by atoms with Crippen LogP contribution in [-0.2, 0) is 4.74 Å². The van der Waals surface area contributed by atoms with Gasteiger partial charge in [-0.05, 0) is 32.1 Å². The van der Waals surface area contributed by atoms with E-state index in [2.05, 4.69) is 20.5 Å². The van der Waals surface area contributed by atoms with Gasteiger partial charge in [-0.1, -0.05) is 0 Å². The van der Waals surface area contributed by atoms with Gasteiger partial charge >= 0.3 is 0 Å². The van der Waals surface area contributed by atoms with Crippen molar-refractivity contribution < 1.29 is 9.53 Å². The van der Waals surface area contributed by atoms with E-state index in [4.69, 9.17) is 4.74 Å². The van der Waals surface area contributed by atoms with E-state index in [0.717, 1.165) is 13.0 Å². The minimum atomic E-state index is -0.212. The molecular weight excluding hydrogens is 220 g/mol. The van der Waals surface area contributed by atoms with E-state index in [9.17, 15) is 4.79 Å². The predicted molar refractivity (Wildman–Crippen MR) is 59.5 cm³/mol. The van der Waals surface area contributed by atoms with Gasteiger partial charge in [-0.15, -0.1) is 5.10 Å². The van der Waals surface area contributed by atoms with Gasteiger partial charge in [0.25, 0.3) is 5.91 Å². The third-order valence-electron chi connectivity index (χ3n) is 3.34. The first-order valence-corrected chi connectivity index (χ1v) is 6.05. The number of H-pyrrole nitrogens is 1. The lowest BCUT2D eigenvalue weighted by atomic mass is 10.1. The van der Waals surface area contributed by atoms with Crippen molar-refractivity contribution in [3.8, 4) is 0 Å². The smallest absolute Gasteiger partial charge is 0.291 e. The summed E-state index contributed by atoms with van der Waals surface area (Å²) in [6.07, 6.45) is 3.52. The highest BCUT2D eigenvalue weighted by atomic mass is 16.5. The maximum Gasteiger partial charge on any atom is 0.291 e. The second kappa shape index (κ2) is 4.10. The Labute approximate surface area is 99.1 Å². The van der Waals surface area contributed by atoms with Crippen molar-refractivity contribution in [2.45, 2.75) is 38.3 Å². The van der Waals surface area contributed by atoms with Gasteiger partial charge in [-0.25, -0.2) is 4.98 Å². The first-order valence-electron chi connectivity index (χ1n) is 6.05. The zero-order valence-corrected chi connectivity index (χ0v) is 9.77. The Balaban J connectivity index is 1.64. The average molecular weight is 236 g/mol. The molecule has 1 aromatic heterocycles. The van der Waals surface area contributed by atoms with Gasteiger partial charge in [0, 0.05) is 6.61 Å². The zero-order chi connectivity index (χ0) is 11.8. The minimum absolute atomic E-state index is 0.119. The number of hydrogen-bond donors (Lipinski definition) is 2. The van der Waals surface area contributed by atoms with E-state index in [1.165, 1.54) is 12.8 Å². The summed E-state index contributed by atoms with van der Waals surface area (Å²) < 4.78 is 5.67. The number of aromatic amines is 1. The van der Waals surface area contributed by atoms with Crippen LogP contribution >= 0.6 is 0 Å². The van der Waals surface area contributed by atoms with Gasteiger partial charge in [-0.2, -0.15) is 0 Å². The first-order chi connectivity index (χ1) is 8.24. The molecule has 92 valence electrons. The molecule has 0 bridgehead atoms. The minimum Gasteiger partial charge on any atom is -0.376 e. The fraction of sp³-hybridized carbons (Fsp3) is 0.727. The van der Waals surface area contributed by atoms with Crippen molar-refractivity contribution in [1.29, 1.82) is 0 Å². The molecule has 17 heavy (non-hydrogen) atoms. The summed E-state index contributed by atoms with van der Waals surface area (Å²) in [5.74, 6) is 1.28. The fourth-order valence-corrected chi connectivity index (χ4v) is 2.33. The third kappa shape index (κ3) is 2.17. The van der Waals surface area contributed by atoms with E-state index >= 15 is 0 Å². The molecule has 1 aromatic rings. The molecule has 6 nitrogen and oxygen atoms in total. The number of aryl methyl sites for hydroxylation is 1. The normalized spacial score (nSPS) is 28.3. The Morgan fingerprint density at radius 2 is 2.29 bits per heavy atom. The summed E-state index contributed by atoms with van der Waals surface area (Å²) in [5.41, 5.74) is 0. The summed E-state index contributed by atoms with van der Waals surface area (Å²) in [6, 6.07) is 0.119. The molecule has 2 unspecified atom stereocenters. The summed E-state index contributed by atoms with van der Waals surface area (Å²) >= 11 is 0. The summed E-state index contributed by atoms with van der Waals surface area (Å²) in [5, 5.41) is 9.49. The molecule has 2 atom stereocenters. The molecule has 2 fully saturated rings.